The molecule has 1 N–H and O–H groups in total. The third-order valence-corrected chi connectivity index (χ3v) is 6.42. The van der Waals surface area contributed by atoms with E-state index >= 15 is 0 Å². The SMILES string of the molecule is CCS(=O)(=O)Nc1ccc(-c2c(C#N)c3cc(Cl)ccc3n2CCC(C)C)cc1. The molecular weight excluding hydrogens is 406 g/mol. The van der Waals surface area contributed by atoms with Crippen LogP contribution in [0.3, 0.4) is 0 Å². The van der Waals surface area contributed by atoms with E-state index in [0.717, 1.165) is 35.1 Å². The zero-order valence-electron chi connectivity index (χ0n) is 16.7. The van der Waals surface area contributed by atoms with Gasteiger partial charge in [0.1, 0.15) is 6.07 Å². The van der Waals surface area contributed by atoms with Crippen LogP contribution < -0.4 is 4.72 Å². The van der Waals surface area contributed by atoms with E-state index in [0.29, 0.717) is 22.2 Å². The minimum Gasteiger partial charge on any atom is -0.339 e. The van der Waals surface area contributed by atoms with Gasteiger partial charge in [0.15, 0.2) is 0 Å². The van der Waals surface area contributed by atoms with Gasteiger partial charge < -0.3 is 4.57 Å². The maximum Gasteiger partial charge on any atom is 0.232 e. The molecule has 0 atom stereocenters. The maximum absolute atomic E-state index is 11.8. The lowest BCUT2D eigenvalue weighted by Crippen LogP contribution is -2.14. The van der Waals surface area contributed by atoms with Gasteiger partial charge in [0, 0.05) is 28.2 Å². The Bertz CT molecular complexity index is 1170. The third kappa shape index (κ3) is 4.58. The predicted molar refractivity (Wildman–Crippen MR) is 120 cm³/mol. The van der Waals surface area contributed by atoms with Crippen LogP contribution in [0, 0.1) is 17.2 Å². The quantitative estimate of drug-likeness (QED) is 0.527. The molecule has 0 aliphatic carbocycles. The Balaban J connectivity index is 2.14. The average Bonchev–Trinajstić information content (AvgIpc) is 2.99. The molecule has 0 unspecified atom stereocenters. The molecule has 0 amide bonds. The van der Waals surface area contributed by atoms with E-state index in [-0.39, 0.29) is 5.75 Å². The first-order valence-electron chi connectivity index (χ1n) is 9.58. The van der Waals surface area contributed by atoms with Crippen molar-refractivity contribution in [2.75, 3.05) is 10.5 Å². The zero-order valence-corrected chi connectivity index (χ0v) is 18.3. The minimum absolute atomic E-state index is 0.0114. The molecule has 1 aromatic heterocycles. The van der Waals surface area contributed by atoms with E-state index in [9.17, 15) is 13.7 Å². The van der Waals surface area contributed by atoms with Crippen molar-refractivity contribution in [3.05, 3.63) is 53.1 Å². The molecule has 0 bridgehead atoms. The van der Waals surface area contributed by atoms with Crippen LogP contribution in [-0.2, 0) is 16.6 Å². The van der Waals surface area contributed by atoms with Crippen molar-refractivity contribution in [2.45, 2.75) is 33.7 Å². The van der Waals surface area contributed by atoms with E-state index in [2.05, 4.69) is 29.2 Å². The molecule has 7 heteroatoms. The third-order valence-electron chi connectivity index (χ3n) is 4.88. The molecule has 2 aromatic carbocycles. The summed E-state index contributed by atoms with van der Waals surface area (Å²) in [5, 5.41) is 11.3. The Morgan fingerprint density at radius 2 is 1.86 bits per heavy atom. The van der Waals surface area contributed by atoms with Crippen LogP contribution in [0.15, 0.2) is 42.5 Å². The van der Waals surface area contributed by atoms with Crippen LogP contribution in [0.1, 0.15) is 32.8 Å². The van der Waals surface area contributed by atoms with Gasteiger partial charge in [-0.15, -0.1) is 0 Å². The van der Waals surface area contributed by atoms with Gasteiger partial charge in [0.2, 0.25) is 10.0 Å². The second-order valence-corrected chi connectivity index (χ2v) is 9.86. The van der Waals surface area contributed by atoms with Gasteiger partial charge >= 0.3 is 0 Å². The van der Waals surface area contributed by atoms with Gasteiger partial charge in [-0.1, -0.05) is 37.6 Å². The lowest BCUT2D eigenvalue weighted by atomic mass is 10.1. The fraction of sp³-hybridized carbons (Fsp3) is 0.318. The number of sulfonamides is 1. The highest BCUT2D eigenvalue weighted by molar-refractivity contribution is 7.92. The van der Waals surface area contributed by atoms with Crippen LogP contribution in [0.4, 0.5) is 5.69 Å². The maximum atomic E-state index is 11.8. The molecule has 1 heterocycles. The van der Waals surface area contributed by atoms with E-state index in [4.69, 9.17) is 11.6 Å². The molecule has 0 spiro atoms. The van der Waals surface area contributed by atoms with Crippen molar-refractivity contribution in [2.24, 2.45) is 5.92 Å². The Labute approximate surface area is 177 Å². The Hall–Kier alpha value is -2.49. The van der Waals surface area contributed by atoms with Crippen molar-refractivity contribution in [3.63, 3.8) is 0 Å². The molecule has 0 aliphatic heterocycles. The summed E-state index contributed by atoms with van der Waals surface area (Å²) in [5.74, 6) is 0.529. The van der Waals surface area contributed by atoms with Crippen molar-refractivity contribution in [1.82, 2.24) is 4.57 Å². The molecule has 0 saturated heterocycles. The number of halogens is 1. The first-order valence-corrected chi connectivity index (χ1v) is 11.6. The topological polar surface area (TPSA) is 74.9 Å². The fourth-order valence-electron chi connectivity index (χ4n) is 3.31. The van der Waals surface area contributed by atoms with Crippen molar-refractivity contribution >= 4 is 38.2 Å². The lowest BCUT2D eigenvalue weighted by molar-refractivity contribution is 0.526. The summed E-state index contributed by atoms with van der Waals surface area (Å²) in [5.41, 5.74) is 3.74. The minimum atomic E-state index is -3.34. The highest BCUT2D eigenvalue weighted by Crippen LogP contribution is 2.36. The first kappa shape index (κ1) is 21.2. The van der Waals surface area contributed by atoms with Crippen LogP contribution in [-0.4, -0.2) is 18.7 Å². The highest BCUT2D eigenvalue weighted by Gasteiger charge is 2.19. The summed E-state index contributed by atoms with van der Waals surface area (Å²) >= 11 is 6.19. The highest BCUT2D eigenvalue weighted by atomic mass is 35.5. The van der Waals surface area contributed by atoms with Crippen molar-refractivity contribution in [1.29, 1.82) is 5.26 Å². The number of aromatic nitrogens is 1. The summed E-state index contributed by atoms with van der Waals surface area (Å²) in [6.45, 7) is 6.70. The zero-order chi connectivity index (χ0) is 21.2. The number of hydrogen-bond acceptors (Lipinski definition) is 3. The molecule has 29 heavy (non-hydrogen) atoms. The van der Waals surface area contributed by atoms with Gasteiger partial charge in [-0.2, -0.15) is 5.26 Å². The van der Waals surface area contributed by atoms with Gasteiger partial charge in [-0.05, 0) is 55.2 Å². The number of benzene rings is 2. The van der Waals surface area contributed by atoms with Crippen LogP contribution >= 0.6 is 11.6 Å². The van der Waals surface area contributed by atoms with Gasteiger partial charge in [0.25, 0.3) is 0 Å². The summed E-state index contributed by atoms with van der Waals surface area (Å²) in [6.07, 6.45) is 0.971. The number of aryl methyl sites for hydroxylation is 1. The summed E-state index contributed by atoms with van der Waals surface area (Å²) in [4.78, 5) is 0. The average molecular weight is 430 g/mol. The lowest BCUT2D eigenvalue weighted by Gasteiger charge is -2.14. The number of fused-ring (bicyclic) bond motifs is 1. The molecule has 152 valence electrons. The summed E-state index contributed by atoms with van der Waals surface area (Å²) in [6, 6.07) is 15.1. The number of hydrogen-bond donors (Lipinski definition) is 1. The van der Waals surface area contributed by atoms with E-state index < -0.39 is 10.0 Å². The van der Waals surface area contributed by atoms with E-state index in [1.165, 1.54) is 0 Å². The van der Waals surface area contributed by atoms with Crippen LogP contribution in [0.25, 0.3) is 22.2 Å². The number of nitrogens with zero attached hydrogens (tertiary/aromatic N) is 2. The van der Waals surface area contributed by atoms with Crippen LogP contribution in [0.2, 0.25) is 5.02 Å². The Morgan fingerprint density at radius 3 is 2.45 bits per heavy atom. The predicted octanol–water partition coefficient (Wildman–Crippen LogP) is 5.64. The molecule has 0 aliphatic rings. The number of nitrogens with one attached hydrogen (secondary N) is 1. The van der Waals surface area contributed by atoms with Crippen molar-refractivity contribution < 1.29 is 8.42 Å². The molecule has 3 rings (SSSR count). The van der Waals surface area contributed by atoms with Crippen LogP contribution in [0.5, 0.6) is 0 Å². The smallest absolute Gasteiger partial charge is 0.232 e. The molecular formula is C22H24ClN3O2S. The summed E-state index contributed by atoms with van der Waals surface area (Å²) in [7, 11) is -3.34. The molecule has 0 radical (unpaired) electrons. The monoisotopic (exact) mass is 429 g/mol. The van der Waals surface area contributed by atoms with Crippen molar-refractivity contribution in [3.8, 4) is 17.3 Å². The van der Waals surface area contributed by atoms with Gasteiger partial charge in [-0.3, -0.25) is 4.72 Å². The molecule has 0 fully saturated rings. The normalized spacial score (nSPS) is 11.7. The fourth-order valence-corrected chi connectivity index (χ4v) is 4.12. The van der Waals surface area contributed by atoms with E-state index in [1.54, 1.807) is 19.1 Å². The van der Waals surface area contributed by atoms with Gasteiger partial charge in [-0.25, -0.2) is 8.42 Å². The van der Waals surface area contributed by atoms with Gasteiger partial charge in [0.05, 0.1) is 17.0 Å². The number of rotatable bonds is 7. The molecule has 5 nitrogen and oxygen atoms in total. The number of anilines is 1. The second kappa shape index (κ2) is 8.48. The molecule has 3 aromatic rings. The van der Waals surface area contributed by atoms with E-state index in [1.807, 2.05) is 30.3 Å². The summed E-state index contributed by atoms with van der Waals surface area (Å²) < 4.78 is 28.3. The molecule has 0 saturated carbocycles. The largest absolute Gasteiger partial charge is 0.339 e. The standard InChI is InChI=1S/C22H24ClN3O2S/c1-4-29(27,28)25-18-8-5-16(6-9-18)22-20(14-24)19-13-17(23)7-10-21(19)26(22)12-11-15(2)3/h5-10,13,15,25H,4,11-12H2,1-3H3. The number of nitriles is 1. The first-order chi connectivity index (χ1) is 13.8. The Morgan fingerprint density at radius 1 is 1.17 bits per heavy atom. The second-order valence-electron chi connectivity index (χ2n) is 7.41. The Kier molecular flexibility index (Phi) is 6.21.